The Morgan fingerprint density at radius 3 is 2.50 bits per heavy atom. The van der Waals surface area contributed by atoms with Crippen LogP contribution in [-0.2, 0) is 9.53 Å². The summed E-state index contributed by atoms with van der Waals surface area (Å²) in [6.07, 6.45) is 2.34. The molecule has 2 N–H and O–H groups in total. The highest BCUT2D eigenvalue weighted by Crippen LogP contribution is 2.17. The SMILES string of the molecule is CCOC(=O)/C=C/c1cc(F)c(N)c(F)c1. The molecule has 0 radical (unpaired) electrons. The summed E-state index contributed by atoms with van der Waals surface area (Å²) in [5.74, 6) is -2.29. The maximum absolute atomic E-state index is 13.0. The monoisotopic (exact) mass is 227 g/mol. The predicted molar refractivity (Wildman–Crippen MR) is 56.4 cm³/mol. The van der Waals surface area contributed by atoms with Crippen LogP contribution in [0.3, 0.4) is 0 Å². The van der Waals surface area contributed by atoms with Crippen molar-refractivity contribution in [1.82, 2.24) is 0 Å². The first kappa shape index (κ1) is 12.2. The first-order chi connectivity index (χ1) is 7.54. The summed E-state index contributed by atoms with van der Waals surface area (Å²) < 4.78 is 30.6. The number of nitrogen functional groups attached to an aromatic ring is 1. The fourth-order valence-corrected chi connectivity index (χ4v) is 1.05. The fraction of sp³-hybridized carbons (Fsp3) is 0.182. The molecule has 0 aliphatic carbocycles. The zero-order valence-corrected chi connectivity index (χ0v) is 8.67. The van der Waals surface area contributed by atoms with Gasteiger partial charge in [-0.1, -0.05) is 0 Å². The zero-order valence-electron chi connectivity index (χ0n) is 8.67. The molecule has 0 unspecified atom stereocenters. The standard InChI is InChI=1S/C11H11F2NO2/c1-2-16-10(15)4-3-7-5-8(12)11(14)9(13)6-7/h3-6H,2,14H2,1H3/b4-3+. The number of halogens is 2. The van der Waals surface area contributed by atoms with Gasteiger partial charge in [-0.2, -0.15) is 0 Å². The van der Waals surface area contributed by atoms with E-state index in [0.717, 1.165) is 18.2 Å². The number of benzene rings is 1. The van der Waals surface area contributed by atoms with Crippen LogP contribution in [0.15, 0.2) is 18.2 Å². The van der Waals surface area contributed by atoms with Crippen molar-refractivity contribution in [2.45, 2.75) is 6.92 Å². The molecule has 0 aliphatic rings. The van der Waals surface area contributed by atoms with Gasteiger partial charge in [0.25, 0.3) is 0 Å². The van der Waals surface area contributed by atoms with Gasteiger partial charge in [0.2, 0.25) is 0 Å². The van der Waals surface area contributed by atoms with Gasteiger partial charge in [-0.3, -0.25) is 0 Å². The van der Waals surface area contributed by atoms with E-state index >= 15 is 0 Å². The normalized spacial score (nSPS) is 10.7. The molecule has 0 saturated heterocycles. The largest absolute Gasteiger partial charge is 0.463 e. The lowest BCUT2D eigenvalue weighted by atomic mass is 10.2. The number of hydrogen-bond donors (Lipinski definition) is 1. The number of hydrogen-bond acceptors (Lipinski definition) is 3. The van der Waals surface area contributed by atoms with Gasteiger partial charge in [0.1, 0.15) is 17.3 Å². The van der Waals surface area contributed by atoms with Gasteiger partial charge in [-0.05, 0) is 30.7 Å². The molecular weight excluding hydrogens is 216 g/mol. The smallest absolute Gasteiger partial charge is 0.330 e. The summed E-state index contributed by atoms with van der Waals surface area (Å²) in [5.41, 5.74) is 4.76. The topological polar surface area (TPSA) is 52.3 Å². The van der Waals surface area contributed by atoms with Crippen molar-refractivity contribution in [3.63, 3.8) is 0 Å². The molecular formula is C11H11F2NO2. The molecule has 3 nitrogen and oxygen atoms in total. The van der Waals surface area contributed by atoms with Crippen molar-refractivity contribution in [2.24, 2.45) is 0 Å². The van der Waals surface area contributed by atoms with Crippen LogP contribution in [0.4, 0.5) is 14.5 Å². The van der Waals surface area contributed by atoms with Crippen LogP contribution in [-0.4, -0.2) is 12.6 Å². The molecule has 0 bridgehead atoms. The van der Waals surface area contributed by atoms with Crippen LogP contribution in [0, 0.1) is 11.6 Å². The number of nitrogens with two attached hydrogens (primary N) is 1. The van der Waals surface area contributed by atoms with Crippen molar-refractivity contribution in [1.29, 1.82) is 0 Å². The predicted octanol–water partition coefficient (Wildman–Crippen LogP) is 2.12. The van der Waals surface area contributed by atoms with Crippen LogP contribution < -0.4 is 5.73 Å². The first-order valence-electron chi connectivity index (χ1n) is 4.64. The fourth-order valence-electron chi connectivity index (χ4n) is 1.05. The van der Waals surface area contributed by atoms with E-state index in [9.17, 15) is 13.6 Å². The second kappa shape index (κ2) is 5.25. The maximum Gasteiger partial charge on any atom is 0.330 e. The molecule has 16 heavy (non-hydrogen) atoms. The Hall–Kier alpha value is -1.91. The van der Waals surface area contributed by atoms with E-state index in [1.54, 1.807) is 6.92 Å². The molecule has 0 heterocycles. The highest BCUT2D eigenvalue weighted by molar-refractivity contribution is 5.87. The zero-order chi connectivity index (χ0) is 12.1. The Morgan fingerprint density at radius 2 is 2.00 bits per heavy atom. The lowest BCUT2D eigenvalue weighted by Crippen LogP contribution is -1.99. The summed E-state index contributed by atoms with van der Waals surface area (Å²) in [6, 6.07) is 2.07. The van der Waals surface area contributed by atoms with Crippen molar-refractivity contribution in [3.05, 3.63) is 35.4 Å². The number of rotatable bonds is 3. The Kier molecular flexibility index (Phi) is 3.99. The Labute approximate surface area is 91.5 Å². The summed E-state index contributed by atoms with van der Waals surface area (Å²) in [5, 5.41) is 0. The van der Waals surface area contributed by atoms with E-state index in [1.165, 1.54) is 6.08 Å². The van der Waals surface area contributed by atoms with Gasteiger partial charge in [-0.15, -0.1) is 0 Å². The number of esters is 1. The number of carbonyl (C=O) groups is 1. The lowest BCUT2D eigenvalue weighted by molar-refractivity contribution is -0.137. The van der Waals surface area contributed by atoms with Crippen LogP contribution in [0.1, 0.15) is 12.5 Å². The maximum atomic E-state index is 13.0. The highest BCUT2D eigenvalue weighted by Gasteiger charge is 2.06. The van der Waals surface area contributed by atoms with Crippen LogP contribution >= 0.6 is 0 Å². The molecule has 0 spiro atoms. The molecule has 0 atom stereocenters. The molecule has 0 fully saturated rings. The van der Waals surface area contributed by atoms with E-state index in [4.69, 9.17) is 5.73 Å². The summed E-state index contributed by atoms with van der Waals surface area (Å²) >= 11 is 0. The van der Waals surface area contributed by atoms with Crippen molar-refractivity contribution >= 4 is 17.7 Å². The van der Waals surface area contributed by atoms with Gasteiger partial charge in [0, 0.05) is 6.08 Å². The minimum Gasteiger partial charge on any atom is -0.463 e. The number of carbonyl (C=O) groups excluding carboxylic acids is 1. The highest BCUT2D eigenvalue weighted by atomic mass is 19.1. The quantitative estimate of drug-likeness (QED) is 0.489. The lowest BCUT2D eigenvalue weighted by Gasteiger charge is -2.00. The number of ether oxygens (including phenoxy) is 1. The molecule has 5 heteroatoms. The Morgan fingerprint density at radius 1 is 1.44 bits per heavy atom. The van der Waals surface area contributed by atoms with Crippen molar-refractivity contribution in [3.8, 4) is 0 Å². The number of anilines is 1. The summed E-state index contributed by atoms with van der Waals surface area (Å²) in [4.78, 5) is 10.9. The van der Waals surface area contributed by atoms with Gasteiger partial charge < -0.3 is 10.5 Å². The van der Waals surface area contributed by atoms with Gasteiger partial charge in [0.05, 0.1) is 6.61 Å². The van der Waals surface area contributed by atoms with Crippen LogP contribution in [0.5, 0.6) is 0 Å². The van der Waals surface area contributed by atoms with Gasteiger partial charge in [0.15, 0.2) is 0 Å². The third-order valence-electron chi connectivity index (χ3n) is 1.80. The van der Waals surface area contributed by atoms with E-state index in [1.807, 2.05) is 0 Å². The second-order valence-electron chi connectivity index (χ2n) is 2.98. The molecule has 0 aromatic heterocycles. The third kappa shape index (κ3) is 3.05. The van der Waals surface area contributed by atoms with Crippen molar-refractivity contribution < 1.29 is 18.3 Å². The Balaban J connectivity index is 2.86. The minimum atomic E-state index is -0.858. The second-order valence-corrected chi connectivity index (χ2v) is 2.98. The third-order valence-corrected chi connectivity index (χ3v) is 1.80. The van der Waals surface area contributed by atoms with Crippen LogP contribution in [0.25, 0.3) is 6.08 Å². The Bertz CT molecular complexity index is 407. The molecule has 0 aliphatic heterocycles. The van der Waals surface area contributed by atoms with E-state index < -0.39 is 23.3 Å². The molecule has 0 saturated carbocycles. The van der Waals surface area contributed by atoms with E-state index in [0.29, 0.717) is 0 Å². The molecule has 86 valence electrons. The molecule has 0 amide bonds. The summed E-state index contributed by atoms with van der Waals surface area (Å²) in [7, 11) is 0. The van der Waals surface area contributed by atoms with Gasteiger partial charge >= 0.3 is 5.97 Å². The molecule has 1 aromatic rings. The van der Waals surface area contributed by atoms with E-state index in [2.05, 4.69) is 4.74 Å². The minimum absolute atomic E-state index is 0.206. The summed E-state index contributed by atoms with van der Waals surface area (Å²) in [6.45, 7) is 1.90. The average Bonchev–Trinajstić information content (AvgIpc) is 2.23. The first-order valence-corrected chi connectivity index (χ1v) is 4.64. The molecule has 1 aromatic carbocycles. The van der Waals surface area contributed by atoms with Gasteiger partial charge in [-0.25, -0.2) is 13.6 Å². The average molecular weight is 227 g/mol. The van der Waals surface area contributed by atoms with Crippen LogP contribution in [0.2, 0.25) is 0 Å². The molecule has 1 rings (SSSR count). The van der Waals surface area contributed by atoms with E-state index in [-0.39, 0.29) is 12.2 Å². The van der Waals surface area contributed by atoms with Crippen molar-refractivity contribution in [2.75, 3.05) is 12.3 Å².